The first kappa shape index (κ1) is 10.3. The highest BCUT2D eigenvalue weighted by Gasteiger charge is 1.96. The second kappa shape index (κ2) is 4.24. The molecule has 1 aromatic carbocycles. The monoisotopic (exact) mass is 171 g/mol. The van der Waals surface area contributed by atoms with E-state index in [1.54, 1.807) is 0 Å². The highest BCUT2D eigenvalue weighted by Crippen LogP contribution is 2.17. The van der Waals surface area contributed by atoms with E-state index in [0.29, 0.717) is 0 Å². The van der Waals surface area contributed by atoms with Gasteiger partial charge in [0, 0.05) is 12.7 Å². The molecule has 62 valence electrons. The topological polar surface area (TPSA) is 12.0 Å². The van der Waals surface area contributed by atoms with Crippen molar-refractivity contribution in [3.8, 4) is 0 Å². The molecule has 11 heavy (non-hydrogen) atoms. The number of benzene rings is 1. The average molecular weight is 172 g/mol. The molecule has 0 aromatic heterocycles. The largest absolute Gasteiger partial charge is 0.388 e. The van der Waals surface area contributed by atoms with Crippen LogP contribution in [-0.4, -0.2) is 7.05 Å². The molecule has 0 radical (unpaired) electrons. The summed E-state index contributed by atoms with van der Waals surface area (Å²) < 4.78 is 0. The first-order valence-corrected chi connectivity index (χ1v) is 3.49. The van der Waals surface area contributed by atoms with Crippen molar-refractivity contribution >= 4 is 18.1 Å². The summed E-state index contributed by atoms with van der Waals surface area (Å²) in [6, 6.07) is 6.29. The lowest BCUT2D eigenvalue weighted by molar-refractivity contribution is 1.34. The fraction of sp³-hybridized carbons (Fsp3) is 0.333. The lowest BCUT2D eigenvalue weighted by Crippen LogP contribution is -1.93. The zero-order valence-electron chi connectivity index (χ0n) is 7.14. The molecular weight excluding hydrogens is 158 g/mol. The third-order valence-electron chi connectivity index (χ3n) is 1.73. The van der Waals surface area contributed by atoms with Crippen molar-refractivity contribution in [2.75, 3.05) is 12.4 Å². The van der Waals surface area contributed by atoms with Crippen molar-refractivity contribution in [1.82, 2.24) is 0 Å². The van der Waals surface area contributed by atoms with Gasteiger partial charge in [0.2, 0.25) is 0 Å². The number of hydrogen-bond donors (Lipinski definition) is 1. The Morgan fingerprint density at radius 3 is 1.82 bits per heavy atom. The Labute approximate surface area is 74.2 Å². The van der Waals surface area contributed by atoms with Crippen LogP contribution in [-0.2, 0) is 0 Å². The second-order valence-corrected chi connectivity index (χ2v) is 2.52. The summed E-state index contributed by atoms with van der Waals surface area (Å²) in [6.45, 7) is 4.22. The number of anilines is 1. The third kappa shape index (κ3) is 2.12. The van der Waals surface area contributed by atoms with Gasteiger partial charge in [0.1, 0.15) is 0 Å². The fourth-order valence-corrected chi connectivity index (χ4v) is 1.21. The Morgan fingerprint density at radius 2 is 1.55 bits per heavy atom. The fourth-order valence-electron chi connectivity index (χ4n) is 1.21. The molecule has 0 aliphatic heterocycles. The van der Waals surface area contributed by atoms with Crippen LogP contribution >= 0.6 is 12.4 Å². The van der Waals surface area contributed by atoms with E-state index in [4.69, 9.17) is 0 Å². The zero-order chi connectivity index (χ0) is 7.56. The minimum Gasteiger partial charge on any atom is -0.388 e. The molecule has 0 aliphatic rings. The lowest BCUT2D eigenvalue weighted by atomic mass is 10.1. The molecule has 0 fully saturated rings. The molecule has 1 rings (SSSR count). The lowest BCUT2D eigenvalue weighted by Gasteiger charge is -2.07. The van der Waals surface area contributed by atoms with Crippen LogP contribution in [0.2, 0.25) is 0 Å². The van der Waals surface area contributed by atoms with Gasteiger partial charge in [-0.15, -0.1) is 12.4 Å². The van der Waals surface area contributed by atoms with Gasteiger partial charge < -0.3 is 5.32 Å². The Kier molecular flexibility index (Phi) is 3.98. The molecule has 1 nitrogen and oxygen atoms in total. The molecule has 0 bridgehead atoms. The van der Waals surface area contributed by atoms with Gasteiger partial charge in [0.15, 0.2) is 0 Å². The average Bonchev–Trinajstić information content (AvgIpc) is 1.88. The van der Waals surface area contributed by atoms with E-state index in [0.717, 1.165) is 0 Å². The van der Waals surface area contributed by atoms with E-state index in [1.807, 2.05) is 7.05 Å². The Balaban J connectivity index is 0.000001000. The molecule has 0 spiro atoms. The summed E-state index contributed by atoms with van der Waals surface area (Å²) in [5, 5.41) is 3.16. The normalized spacial score (nSPS) is 8.64. The number of halogens is 1. The van der Waals surface area contributed by atoms with Crippen molar-refractivity contribution in [2.45, 2.75) is 13.8 Å². The molecule has 0 saturated heterocycles. The third-order valence-corrected chi connectivity index (χ3v) is 1.73. The van der Waals surface area contributed by atoms with Gasteiger partial charge in [-0.05, 0) is 25.0 Å². The van der Waals surface area contributed by atoms with Gasteiger partial charge in [-0.25, -0.2) is 0 Å². The number of hydrogen-bond acceptors (Lipinski definition) is 1. The van der Waals surface area contributed by atoms with E-state index in [9.17, 15) is 0 Å². The number of aryl methyl sites for hydroxylation is 2. The van der Waals surface area contributed by atoms with Gasteiger partial charge in [-0.3, -0.25) is 0 Å². The maximum Gasteiger partial charge on any atom is 0.0396 e. The summed E-state index contributed by atoms with van der Waals surface area (Å²) in [4.78, 5) is 0. The minimum atomic E-state index is 0. The van der Waals surface area contributed by atoms with E-state index in [2.05, 4.69) is 37.4 Å². The van der Waals surface area contributed by atoms with Crippen molar-refractivity contribution in [3.63, 3.8) is 0 Å². The zero-order valence-corrected chi connectivity index (χ0v) is 7.96. The van der Waals surface area contributed by atoms with Crippen molar-refractivity contribution in [2.24, 2.45) is 0 Å². The summed E-state index contributed by atoms with van der Waals surface area (Å²) in [5.41, 5.74) is 3.87. The maximum absolute atomic E-state index is 3.16. The standard InChI is InChI=1S/C9H13N.ClH/c1-7-5-4-6-8(2)9(7)10-3;/h4-6,10H,1-3H3;1H. The molecule has 0 amide bonds. The summed E-state index contributed by atoms with van der Waals surface area (Å²) in [6.07, 6.45) is 0. The molecule has 0 saturated carbocycles. The van der Waals surface area contributed by atoms with Crippen LogP contribution in [0.5, 0.6) is 0 Å². The van der Waals surface area contributed by atoms with Crippen LogP contribution in [0, 0.1) is 13.8 Å². The van der Waals surface area contributed by atoms with Crippen LogP contribution in [0.15, 0.2) is 18.2 Å². The molecule has 0 heterocycles. The number of nitrogens with one attached hydrogen (secondary N) is 1. The summed E-state index contributed by atoms with van der Waals surface area (Å²) >= 11 is 0. The van der Waals surface area contributed by atoms with Crippen molar-refractivity contribution < 1.29 is 0 Å². The predicted octanol–water partition coefficient (Wildman–Crippen LogP) is 2.77. The maximum atomic E-state index is 3.16. The SMILES string of the molecule is CNc1c(C)cccc1C.Cl. The quantitative estimate of drug-likeness (QED) is 0.685. The molecule has 0 unspecified atom stereocenters. The highest BCUT2D eigenvalue weighted by molar-refractivity contribution is 5.85. The Morgan fingerprint density at radius 1 is 1.09 bits per heavy atom. The van der Waals surface area contributed by atoms with E-state index >= 15 is 0 Å². The smallest absolute Gasteiger partial charge is 0.0396 e. The molecule has 0 atom stereocenters. The number of para-hydroxylation sites is 1. The van der Waals surface area contributed by atoms with Gasteiger partial charge in [0.05, 0.1) is 0 Å². The second-order valence-electron chi connectivity index (χ2n) is 2.52. The van der Waals surface area contributed by atoms with Gasteiger partial charge in [0.25, 0.3) is 0 Å². The van der Waals surface area contributed by atoms with Crippen LogP contribution < -0.4 is 5.32 Å². The van der Waals surface area contributed by atoms with E-state index in [1.165, 1.54) is 16.8 Å². The molecule has 1 aromatic rings. The van der Waals surface area contributed by atoms with Crippen LogP contribution in [0.1, 0.15) is 11.1 Å². The molecule has 2 heteroatoms. The molecule has 1 N–H and O–H groups in total. The van der Waals surface area contributed by atoms with Gasteiger partial charge in [-0.2, -0.15) is 0 Å². The van der Waals surface area contributed by atoms with Gasteiger partial charge >= 0.3 is 0 Å². The van der Waals surface area contributed by atoms with Crippen LogP contribution in [0.25, 0.3) is 0 Å². The summed E-state index contributed by atoms with van der Waals surface area (Å²) in [7, 11) is 1.95. The van der Waals surface area contributed by atoms with Gasteiger partial charge in [-0.1, -0.05) is 18.2 Å². The van der Waals surface area contributed by atoms with Crippen molar-refractivity contribution in [3.05, 3.63) is 29.3 Å². The van der Waals surface area contributed by atoms with Crippen molar-refractivity contribution in [1.29, 1.82) is 0 Å². The highest BCUT2D eigenvalue weighted by atomic mass is 35.5. The minimum absolute atomic E-state index is 0. The van der Waals surface area contributed by atoms with Crippen LogP contribution in [0.3, 0.4) is 0 Å². The van der Waals surface area contributed by atoms with Crippen LogP contribution in [0.4, 0.5) is 5.69 Å². The Hall–Kier alpha value is -0.690. The number of rotatable bonds is 1. The van der Waals surface area contributed by atoms with E-state index in [-0.39, 0.29) is 12.4 Å². The van der Waals surface area contributed by atoms with E-state index < -0.39 is 0 Å². The molecular formula is C9H14ClN. The Bertz CT molecular complexity index is 213. The first-order valence-electron chi connectivity index (χ1n) is 3.49. The summed E-state index contributed by atoms with van der Waals surface area (Å²) in [5.74, 6) is 0. The first-order chi connectivity index (χ1) is 4.75. The molecule has 0 aliphatic carbocycles. The predicted molar refractivity (Wildman–Crippen MR) is 52.7 cm³/mol.